The summed E-state index contributed by atoms with van der Waals surface area (Å²) < 4.78 is 1.94. The van der Waals surface area contributed by atoms with Crippen molar-refractivity contribution < 1.29 is 0 Å². The molecule has 0 aliphatic rings. The molecule has 0 rings (SSSR count). The highest BCUT2D eigenvalue weighted by molar-refractivity contribution is 8.05. The zero-order valence-corrected chi connectivity index (χ0v) is 8.35. The van der Waals surface area contributed by atoms with E-state index in [4.69, 9.17) is 0 Å². The van der Waals surface area contributed by atoms with E-state index in [1.165, 1.54) is 0 Å². The van der Waals surface area contributed by atoms with Crippen molar-refractivity contribution in [3.05, 3.63) is 0 Å². The van der Waals surface area contributed by atoms with Gasteiger partial charge in [0.2, 0.25) is 0 Å². The van der Waals surface area contributed by atoms with E-state index in [9.17, 15) is 0 Å². The van der Waals surface area contributed by atoms with Crippen molar-refractivity contribution in [3.63, 3.8) is 0 Å². The van der Waals surface area contributed by atoms with Crippen LogP contribution >= 0.6 is 37.4 Å². The van der Waals surface area contributed by atoms with Gasteiger partial charge in [-0.15, -0.1) is 0 Å². The third-order valence-corrected chi connectivity index (χ3v) is 3.16. The third kappa shape index (κ3) is 5.45. The average Bonchev–Trinajstić information content (AvgIpc) is 1.82. The van der Waals surface area contributed by atoms with Crippen LogP contribution in [0.1, 0.15) is 13.8 Å². The monoisotopic (exact) mass is 183 g/mol. The largest absolute Gasteiger partial charge is 0.195 e. The number of hydrogen-bond acceptors (Lipinski definition) is 4. The molecule has 9 heavy (non-hydrogen) atoms. The summed E-state index contributed by atoms with van der Waals surface area (Å²) in [4.78, 5) is 0. The summed E-state index contributed by atoms with van der Waals surface area (Å²) in [5.41, 5.74) is 0. The first-order valence-electron chi connectivity index (χ1n) is 2.90. The van der Waals surface area contributed by atoms with Crippen LogP contribution in [0.15, 0.2) is 0 Å². The molecule has 0 fully saturated rings. The highest BCUT2D eigenvalue weighted by Crippen LogP contribution is 2.16. The second-order valence-corrected chi connectivity index (χ2v) is 4.16. The number of hydrogen-bond donors (Lipinski definition) is 2. The maximum Gasteiger partial charge on any atom is 0.0256 e. The van der Waals surface area contributed by atoms with E-state index in [0.717, 1.165) is 11.5 Å². The van der Waals surface area contributed by atoms with Gasteiger partial charge >= 0.3 is 0 Å². The molecule has 0 saturated carbocycles. The van der Waals surface area contributed by atoms with Gasteiger partial charge < -0.3 is 0 Å². The van der Waals surface area contributed by atoms with E-state index < -0.39 is 0 Å². The molecule has 0 amide bonds. The Hall–Kier alpha value is 1.01. The molecule has 0 saturated heterocycles. The van der Waals surface area contributed by atoms with Crippen LogP contribution in [0.25, 0.3) is 0 Å². The standard InChI is InChI=1S/C5H13NS3/c1-5(2)6(8)9-4-3-7/h5,7-8H,3-4H2,1-2H3. The van der Waals surface area contributed by atoms with Crippen molar-refractivity contribution in [2.45, 2.75) is 19.9 Å². The molecular weight excluding hydrogens is 170 g/mol. The van der Waals surface area contributed by atoms with E-state index in [-0.39, 0.29) is 0 Å². The Morgan fingerprint density at radius 2 is 2.11 bits per heavy atom. The predicted molar refractivity (Wildman–Crippen MR) is 52.3 cm³/mol. The van der Waals surface area contributed by atoms with Crippen molar-refractivity contribution in [2.75, 3.05) is 11.5 Å². The van der Waals surface area contributed by atoms with Gasteiger partial charge in [0.25, 0.3) is 0 Å². The molecule has 0 aromatic carbocycles. The van der Waals surface area contributed by atoms with Gasteiger partial charge in [-0.05, 0) is 13.8 Å². The van der Waals surface area contributed by atoms with Crippen LogP contribution in [0.5, 0.6) is 0 Å². The molecule has 0 N–H and O–H groups in total. The van der Waals surface area contributed by atoms with Crippen LogP contribution in [0.2, 0.25) is 0 Å². The average molecular weight is 183 g/mol. The molecule has 0 atom stereocenters. The Bertz CT molecular complexity index is 67.2. The topological polar surface area (TPSA) is 3.24 Å². The third-order valence-electron chi connectivity index (χ3n) is 0.757. The minimum absolute atomic E-state index is 0.498. The van der Waals surface area contributed by atoms with Crippen LogP contribution in [0.3, 0.4) is 0 Å². The molecule has 0 heterocycles. The Morgan fingerprint density at radius 3 is 2.44 bits per heavy atom. The van der Waals surface area contributed by atoms with Crippen LogP contribution in [0, 0.1) is 0 Å². The Kier molecular flexibility index (Phi) is 6.42. The second kappa shape index (κ2) is 5.77. The summed E-state index contributed by atoms with van der Waals surface area (Å²) >= 11 is 10.0. The number of rotatable bonds is 4. The van der Waals surface area contributed by atoms with E-state index in [0.29, 0.717) is 6.04 Å². The highest BCUT2D eigenvalue weighted by atomic mass is 32.2. The van der Waals surface area contributed by atoms with Crippen LogP contribution in [-0.2, 0) is 0 Å². The smallest absolute Gasteiger partial charge is 0.0256 e. The second-order valence-electron chi connectivity index (χ2n) is 1.95. The van der Waals surface area contributed by atoms with Gasteiger partial charge in [-0.1, -0.05) is 24.8 Å². The molecule has 0 aliphatic carbocycles. The first-order valence-corrected chi connectivity index (χ1v) is 4.88. The molecule has 0 radical (unpaired) electrons. The molecule has 4 heteroatoms. The first kappa shape index (κ1) is 10.0. The minimum atomic E-state index is 0.498. The highest BCUT2D eigenvalue weighted by Gasteiger charge is 2.02. The quantitative estimate of drug-likeness (QED) is 0.508. The molecule has 0 aliphatic heterocycles. The Labute approximate surface area is 72.7 Å². The fourth-order valence-corrected chi connectivity index (χ4v) is 1.34. The first-order chi connectivity index (χ1) is 4.18. The summed E-state index contributed by atoms with van der Waals surface area (Å²) in [6.07, 6.45) is 0. The number of nitrogens with zero attached hydrogens (tertiary/aromatic N) is 1. The summed E-state index contributed by atoms with van der Waals surface area (Å²) in [5.74, 6) is 1.94. The van der Waals surface area contributed by atoms with E-state index in [1.807, 2.05) is 3.71 Å². The van der Waals surface area contributed by atoms with Crippen LogP contribution in [-0.4, -0.2) is 21.3 Å². The lowest BCUT2D eigenvalue weighted by Crippen LogP contribution is -2.13. The van der Waals surface area contributed by atoms with Crippen molar-refractivity contribution in [1.82, 2.24) is 3.71 Å². The van der Waals surface area contributed by atoms with Gasteiger partial charge in [-0.25, -0.2) is 0 Å². The summed E-state index contributed by atoms with van der Waals surface area (Å²) in [6.45, 7) is 4.22. The van der Waals surface area contributed by atoms with E-state index in [1.54, 1.807) is 11.9 Å². The van der Waals surface area contributed by atoms with E-state index >= 15 is 0 Å². The van der Waals surface area contributed by atoms with E-state index in [2.05, 4.69) is 39.3 Å². The molecule has 0 aromatic rings. The molecular formula is C5H13NS3. The van der Waals surface area contributed by atoms with Gasteiger partial charge in [0.05, 0.1) is 0 Å². The fourth-order valence-electron chi connectivity index (χ4n) is 0.283. The summed E-state index contributed by atoms with van der Waals surface area (Å²) in [5, 5.41) is 0. The maximum absolute atomic E-state index is 4.22. The molecule has 0 bridgehead atoms. The Balaban J connectivity index is 3.16. The lowest BCUT2D eigenvalue weighted by molar-refractivity contribution is 0.607. The molecule has 0 spiro atoms. The van der Waals surface area contributed by atoms with Crippen molar-refractivity contribution in [2.24, 2.45) is 0 Å². The summed E-state index contributed by atoms with van der Waals surface area (Å²) in [6, 6.07) is 0.498. The zero-order valence-electron chi connectivity index (χ0n) is 5.74. The molecule has 0 aromatic heterocycles. The predicted octanol–water partition coefficient (Wildman–Crippen LogP) is 2.12. The van der Waals surface area contributed by atoms with Gasteiger partial charge in [-0.2, -0.15) is 16.3 Å². The zero-order chi connectivity index (χ0) is 7.28. The summed E-state index contributed by atoms with van der Waals surface area (Å²) in [7, 11) is 0. The van der Waals surface area contributed by atoms with Crippen molar-refractivity contribution in [3.8, 4) is 0 Å². The fraction of sp³-hybridized carbons (Fsp3) is 1.00. The van der Waals surface area contributed by atoms with Gasteiger partial charge in [0, 0.05) is 17.5 Å². The van der Waals surface area contributed by atoms with Gasteiger partial charge in [0.1, 0.15) is 0 Å². The SMILES string of the molecule is CC(C)N(S)SCCS. The van der Waals surface area contributed by atoms with Gasteiger partial charge in [-0.3, -0.25) is 0 Å². The lowest BCUT2D eigenvalue weighted by Gasteiger charge is -2.16. The maximum atomic E-state index is 4.22. The normalized spacial score (nSPS) is 11.3. The number of thiol groups is 2. The molecule has 56 valence electrons. The van der Waals surface area contributed by atoms with Crippen molar-refractivity contribution >= 4 is 37.4 Å². The molecule has 1 nitrogen and oxygen atoms in total. The molecule has 0 unspecified atom stereocenters. The van der Waals surface area contributed by atoms with Crippen LogP contribution in [0.4, 0.5) is 0 Å². The van der Waals surface area contributed by atoms with Gasteiger partial charge in [0.15, 0.2) is 0 Å². The van der Waals surface area contributed by atoms with Crippen LogP contribution < -0.4 is 0 Å². The Morgan fingerprint density at radius 1 is 1.56 bits per heavy atom. The minimum Gasteiger partial charge on any atom is -0.195 e. The lowest BCUT2D eigenvalue weighted by atomic mass is 10.4. The van der Waals surface area contributed by atoms with Crippen molar-refractivity contribution in [1.29, 1.82) is 0 Å².